The van der Waals surface area contributed by atoms with Gasteiger partial charge in [0.2, 0.25) is 0 Å². The van der Waals surface area contributed by atoms with Crippen molar-refractivity contribution in [1.82, 2.24) is 20.2 Å². The van der Waals surface area contributed by atoms with Crippen molar-refractivity contribution in [2.75, 3.05) is 44.3 Å². The number of halogens is 3. The third kappa shape index (κ3) is 7.39. The number of anilines is 1. The van der Waals surface area contributed by atoms with Gasteiger partial charge in [-0.3, -0.25) is 14.7 Å². The van der Waals surface area contributed by atoms with Crippen LogP contribution in [-0.2, 0) is 11.3 Å². The number of nitrogens with one attached hydrogen (secondary N) is 1. The fourth-order valence-electron chi connectivity index (χ4n) is 4.82. The van der Waals surface area contributed by atoms with Gasteiger partial charge in [-0.05, 0) is 45.1 Å². The highest BCUT2D eigenvalue weighted by molar-refractivity contribution is 7.17. The third-order valence-electron chi connectivity index (χ3n) is 6.83. The molecule has 2 aromatic heterocycles. The molecule has 0 bridgehead atoms. The Kier molecular flexibility index (Phi) is 9.55. The van der Waals surface area contributed by atoms with E-state index in [4.69, 9.17) is 4.74 Å². The molecule has 4 heterocycles. The minimum absolute atomic E-state index is 0.0163. The molecule has 36 heavy (non-hydrogen) atoms. The molecule has 1 amide bonds. The predicted octanol–water partition coefficient (Wildman–Crippen LogP) is 4.19. The van der Waals surface area contributed by atoms with E-state index in [0.717, 1.165) is 69.3 Å². The van der Waals surface area contributed by atoms with Gasteiger partial charge in [0.05, 0.1) is 37.4 Å². The zero-order chi connectivity index (χ0) is 25.5. The van der Waals surface area contributed by atoms with Crippen molar-refractivity contribution in [3.05, 3.63) is 40.7 Å². The Morgan fingerprint density at radius 3 is 2.78 bits per heavy atom. The van der Waals surface area contributed by atoms with Crippen LogP contribution in [0.25, 0.3) is 0 Å². The number of rotatable bonds is 10. The van der Waals surface area contributed by atoms with Gasteiger partial charge in [0.1, 0.15) is 16.5 Å². The Bertz CT molecular complexity index is 1000. The monoisotopic (exact) mass is 525 g/mol. The van der Waals surface area contributed by atoms with Crippen molar-refractivity contribution >= 4 is 22.4 Å². The van der Waals surface area contributed by atoms with E-state index in [-0.39, 0.29) is 18.1 Å². The first-order valence-electron chi connectivity index (χ1n) is 12.6. The van der Waals surface area contributed by atoms with Crippen molar-refractivity contribution < 1.29 is 22.7 Å². The minimum atomic E-state index is -0.815. The molecule has 2 aliphatic heterocycles. The lowest BCUT2D eigenvalue weighted by Crippen LogP contribution is -2.49. The lowest BCUT2D eigenvalue weighted by atomic mass is 9.94. The second-order valence-corrected chi connectivity index (χ2v) is 10.6. The fourth-order valence-corrected chi connectivity index (χ4v) is 5.71. The van der Waals surface area contributed by atoms with Gasteiger partial charge in [-0.1, -0.05) is 11.3 Å². The van der Waals surface area contributed by atoms with E-state index in [1.807, 2.05) is 0 Å². The molecule has 2 atom stereocenters. The molecule has 2 aliphatic rings. The van der Waals surface area contributed by atoms with Gasteiger partial charge in [-0.2, -0.15) is 0 Å². The Morgan fingerprint density at radius 1 is 1.22 bits per heavy atom. The number of hydrogen-bond donors (Lipinski definition) is 1. The average molecular weight is 526 g/mol. The molecule has 0 radical (unpaired) electrons. The van der Waals surface area contributed by atoms with E-state index in [2.05, 4.69) is 25.1 Å². The number of carbonyl (C=O) groups excluding carboxylic acids is 1. The number of nitrogens with zero attached hydrogens (tertiary/aromatic N) is 4. The zero-order valence-electron chi connectivity index (χ0n) is 20.6. The zero-order valence-corrected chi connectivity index (χ0v) is 21.4. The minimum Gasteiger partial charge on any atom is -0.381 e. The van der Waals surface area contributed by atoms with Crippen LogP contribution in [0.1, 0.15) is 54.4 Å². The molecule has 2 fully saturated rings. The molecule has 198 valence electrons. The lowest BCUT2D eigenvalue weighted by molar-refractivity contribution is 0.0357. The molecule has 0 aromatic carbocycles. The molecule has 7 nitrogen and oxygen atoms in total. The van der Waals surface area contributed by atoms with Crippen molar-refractivity contribution in [3.8, 4) is 0 Å². The second kappa shape index (κ2) is 12.8. The average Bonchev–Trinajstić information content (AvgIpc) is 3.37. The van der Waals surface area contributed by atoms with Crippen LogP contribution >= 0.6 is 11.3 Å². The van der Waals surface area contributed by atoms with Crippen LogP contribution in [0.4, 0.5) is 18.3 Å². The number of thiazole rings is 1. The summed E-state index contributed by atoms with van der Waals surface area (Å²) in [4.78, 5) is 25.8. The smallest absolute Gasteiger partial charge is 0.263 e. The van der Waals surface area contributed by atoms with E-state index >= 15 is 0 Å². The normalized spacial score (nSPS) is 20.4. The van der Waals surface area contributed by atoms with Gasteiger partial charge < -0.3 is 15.0 Å². The lowest BCUT2D eigenvalue weighted by Gasteiger charge is -2.42. The summed E-state index contributed by atoms with van der Waals surface area (Å²) in [5.41, 5.74) is -0.0163. The number of carbonyl (C=O) groups is 1. The molecule has 0 saturated carbocycles. The molecular weight excluding hydrogens is 491 g/mol. The van der Waals surface area contributed by atoms with Gasteiger partial charge in [-0.25, -0.2) is 18.2 Å². The summed E-state index contributed by atoms with van der Waals surface area (Å²) >= 11 is 1.31. The molecule has 0 aliphatic carbocycles. The number of piperidine rings is 2. The number of hydrogen-bond acceptors (Lipinski definition) is 7. The maximum Gasteiger partial charge on any atom is 0.263 e. The Morgan fingerprint density at radius 2 is 2.03 bits per heavy atom. The van der Waals surface area contributed by atoms with Gasteiger partial charge in [-0.15, -0.1) is 0 Å². The number of aromatic nitrogens is 2. The standard InChI is InChI=1S/C25H34F3N5O2S/c1-17(26)6-10-35-16-18-3-2-7-33(15-18)20-4-8-32(9-5-20)25-31-14-23(36-25)24(34)30-13-22-21(28)11-19(27)12-29-22/h11-12,14,17-18,20H,2-10,13,15-16H2,1H3,(H,30,34). The molecule has 2 unspecified atom stereocenters. The van der Waals surface area contributed by atoms with Gasteiger partial charge in [0.25, 0.3) is 5.91 Å². The van der Waals surface area contributed by atoms with Crippen molar-refractivity contribution in [1.29, 1.82) is 0 Å². The number of alkyl halides is 1. The molecular formula is C25H34F3N5O2S. The van der Waals surface area contributed by atoms with Crippen LogP contribution in [-0.4, -0.2) is 72.4 Å². The number of pyridine rings is 1. The Labute approximate surface area is 214 Å². The Hall–Kier alpha value is -2.24. The molecule has 1 N–H and O–H groups in total. The maximum absolute atomic E-state index is 13.7. The molecule has 2 aromatic rings. The number of likely N-dealkylation sites (tertiary alicyclic amines) is 1. The Balaban J connectivity index is 1.21. The van der Waals surface area contributed by atoms with Crippen LogP contribution in [0, 0.1) is 17.6 Å². The van der Waals surface area contributed by atoms with Crippen LogP contribution in [0.5, 0.6) is 0 Å². The highest BCUT2D eigenvalue weighted by Crippen LogP contribution is 2.29. The first-order valence-corrected chi connectivity index (χ1v) is 13.5. The summed E-state index contributed by atoms with van der Waals surface area (Å²) in [6, 6.07) is 1.27. The quantitative estimate of drug-likeness (QED) is 0.469. The van der Waals surface area contributed by atoms with E-state index in [1.54, 1.807) is 6.92 Å². The molecule has 0 spiro atoms. The van der Waals surface area contributed by atoms with Crippen molar-refractivity contribution in [2.24, 2.45) is 5.92 Å². The summed E-state index contributed by atoms with van der Waals surface area (Å²) in [6.45, 7) is 6.51. The SMILES string of the molecule is CC(F)CCOCC1CCCN(C2CCN(c3ncc(C(=O)NCc4ncc(F)cc4F)s3)CC2)C1. The second-order valence-electron chi connectivity index (χ2n) is 9.64. The van der Waals surface area contributed by atoms with E-state index < -0.39 is 17.8 Å². The number of ether oxygens (including phenoxy) is 1. The topological polar surface area (TPSA) is 70.6 Å². The van der Waals surface area contributed by atoms with E-state index in [1.165, 1.54) is 17.5 Å². The summed E-state index contributed by atoms with van der Waals surface area (Å²) in [5.74, 6) is -1.40. The summed E-state index contributed by atoms with van der Waals surface area (Å²) < 4.78 is 45.4. The maximum atomic E-state index is 13.7. The summed E-state index contributed by atoms with van der Waals surface area (Å²) in [5, 5.41) is 3.42. The van der Waals surface area contributed by atoms with Gasteiger partial charge in [0.15, 0.2) is 5.13 Å². The third-order valence-corrected chi connectivity index (χ3v) is 7.89. The predicted molar refractivity (Wildman–Crippen MR) is 133 cm³/mol. The first kappa shape index (κ1) is 26.8. The van der Waals surface area contributed by atoms with Crippen molar-refractivity contribution in [2.45, 2.75) is 57.8 Å². The molecule has 4 rings (SSSR count). The van der Waals surface area contributed by atoms with E-state index in [9.17, 15) is 18.0 Å². The number of amides is 1. The molecule has 11 heteroatoms. The van der Waals surface area contributed by atoms with Crippen LogP contribution < -0.4 is 10.2 Å². The van der Waals surface area contributed by atoms with E-state index in [0.29, 0.717) is 36.5 Å². The van der Waals surface area contributed by atoms with Crippen molar-refractivity contribution in [3.63, 3.8) is 0 Å². The van der Waals surface area contributed by atoms with Gasteiger partial charge >= 0.3 is 0 Å². The summed E-state index contributed by atoms with van der Waals surface area (Å²) in [6.07, 6.45) is 6.49. The van der Waals surface area contributed by atoms with Gasteiger partial charge in [0, 0.05) is 44.8 Å². The molecule has 2 saturated heterocycles. The fraction of sp³-hybridized carbons (Fsp3) is 0.640. The largest absolute Gasteiger partial charge is 0.381 e. The highest BCUT2D eigenvalue weighted by atomic mass is 32.1. The van der Waals surface area contributed by atoms with Crippen LogP contribution in [0.2, 0.25) is 0 Å². The first-order chi connectivity index (χ1) is 17.4. The van der Waals surface area contributed by atoms with Crippen LogP contribution in [0.15, 0.2) is 18.5 Å². The highest BCUT2D eigenvalue weighted by Gasteiger charge is 2.30. The summed E-state index contributed by atoms with van der Waals surface area (Å²) in [7, 11) is 0. The van der Waals surface area contributed by atoms with Crippen LogP contribution in [0.3, 0.4) is 0 Å².